The Kier molecular flexibility index (Phi) is 8.67. The molecule has 1 aliphatic heterocycles. The van der Waals surface area contributed by atoms with Crippen LogP contribution in [-0.4, -0.2) is 112 Å². The van der Waals surface area contributed by atoms with Gasteiger partial charge in [0.2, 0.25) is 12.0 Å². The van der Waals surface area contributed by atoms with Gasteiger partial charge in [0.05, 0.1) is 32.2 Å². The molecule has 13 heteroatoms. The number of likely N-dealkylation sites (N-methyl/N-ethyl adjacent to an activating group) is 1. The van der Waals surface area contributed by atoms with Crippen LogP contribution in [0.1, 0.15) is 31.7 Å². The minimum Gasteiger partial charge on any atom is -0.485 e. The summed E-state index contributed by atoms with van der Waals surface area (Å²) < 4.78 is 29.8. The van der Waals surface area contributed by atoms with Crippen LogP contribution in [0.25, 0.3) is 11.0 Å². The highest BCUT2D eigenvalue weighted by molar-refractivity contribution is 5.87. The summed E-state index contributed by atoms with van der Waals surface area (Å²) in [4.78, 5) is 12.4. The second-order valence-electron chi connectivity index (χ2n) is 12.6. The number of benzene rings is 1. The summed E-state index contributed by atoms with van der Waals surface area (Å²) in [6, 6.07) is 3.49. The zero-order valence-corrected chi connectivity index (χ0v) is 25.4. The van der Waals surface area contributed by atoms with E-state index in [-0.39, 0.29) is 37.6 Å². The van der Waals surface area contributed by atoms with E-state index in [0.29, 0.717) is 35.9 Å². The van der Waals surface area contributed by atoms with E-state index in [2.05, 4.69) is 5.32 Å². The second kappa shape index (κ2) is 12.1. The molecule has 1 aromatic carbocycles. The van der Waals surface area contributed by atoms with Gasteiger partial charge >= 0.3 is 5.97 Å². The van der Waals surface area contributed by atoms with Gasteiger partial charge in [0.1, 0.15) is 24.4 Å². The number of carbonyl (C=O) groups excluding carboxylic acids is 1. The molecular formula is C32H43NO12. The summed E-state index contributed by atoms with van der Waals surface area (Å²) in [6.07, 6.45) is -0.468. The van der Waals surface area contributed by atoms with Crippen molar-refractivity contribution < 1.29 is 58.8 Å². The SMILES string of the molecule is CCOC(=O)CCc1cc2ccoc2c(OCCNC)c1OC1OC(CO)C2(O)C3C=CC4(CO)C(O)CCC3C4C1(O)C2O. The topological polar surface area (TPSA) is 201 Å². The lowest BCUT2D eigenvalue weighted by Gasteiger charge is -2.70. The number of furan rings is 1. The van der Waals surface area contributed by atoms with Crippen LogP contribution in [0, 0.1) is 23.2 Å². The number of ether oxygens (including phenoxy) is 4. The molecule has 2 aromatic rings. The van der Waals surface area contributed by atoms with E-state index >= 15 is 0 Å². The average molecular weight is 634 g/mol. The number of hydrogen-bond donors (Lipinski definition) is 7. The van der Waals surface area contributed by atoms with Gasteiger partial charge in [0.15, 0.2) is 16.9 Å². The zero-order valence-electron chi connectivity index (χ0n) is 25.4. The molecule has 6 bridgehead atoms. The third-order valence-electron chi connectivity index (χ3n) is 10.5. The Hall–Kier alpha value is -2.75. The van der Waals surface area contributed by atoms with Crippen molar-refractivity contribution in [2.24, 2.45) is 23.2 Å². The lowest BCUT2D eigenvalue weighted by Crippen LogP contribution is -2.85. The molecule has 6 rings (SSSR count). The number of rotatable bonds is 12. The van der Waals surface area contributed by atoms with Gasteiger partial charge in [-0.25, -0.2) is 0 Å². The fourth-order valence-corrected chi connectivity index (χ4v) is 8.41. The normalized spacial score (nSPS) is 38.3. The molecule has 0 radical (unpaired) electrons. The lowest BCUT2D eigenvalue weighted by atomic mass is 9.41. The van der Waals surface area contributed by atoms with Crippen molar-refractivity contribution in [3.63, 3.8) is 0 Å². The molecule has 10 atom stereocenters. The first-order valence-electron chi connectivity index (χ1n) is 15.6. The molecule has 2 saturated carbocycles. The molecule has 10 unspecified atom stereocenters. The molecular weight excluding hydrogens is 590 g/mol. The van der Waals surface area contributed by atoms with Crippen molar-refractivity contribution in [2.75, 3.05) is 40.0 Å². The van der Waals surface area contributed by atoms with Crippen molar-refractivity contribution in [3.05, 3.63) is 36.1 Å². The average Bonchev–Trinajstić information content (AvgIpc) is 3.50. The van der Waals surface area contributed by atoms with Gasteiger partial charge in [0, 0.05) is 35.6 Å². The maximum Gasteiger partial charge on any atom is 0.306 e. The summed E-state index contributed by atoms with van der Waals surface area (Å²) in [6.45, 7) is 1.35. The van der Waals surface area contributed by atoms with Crippen molar-refractivity contribution in [1.29, 1.82) is 0 Å². The van der Waals surface area contributed by atoms with Crippen LogP contribution in [0.3, 0.4) is 0 Å². The van der Waals surface area contributed by atoms with E-state index in [4.69, 9.17) is 23.4 Å². The molecule has 7 N–H and O–H groups in total. The maximum atomic E-state index is 12.7. The Morgan fingerprint density at radius 2 is 1.96 bits per heavy atom. The molecule has 4 aliphatic rings. The highest BCUT2D eigenvalue weighted by Crippen LogP contribution is 2.66. The largest absolute Gasteiger partial charge is 0.485 e. The first-order valence-corrected chi connectivity index (χ1v) is 15.6. The fraction of sp³-hybridized carbons (Fsp3) is 0.656. The summed E-state index contributed by atoms with van der Waals surface area (Å²) >= 11 is 0. The summed E-state index contributed by atoms with van der Waals surface area (Å²) in [5.41, 5.74) is -5.02. The van der Waals surface area contributed by atoms with E-state index in [1.807, 2.05) is 0 Å². The number of hydrogen-bond acceptors (Lipinski definition) is 13. The number of esters is 1. The van der Waals surface area contributed by atoms with E-state index in [1.165, 1.54) is 6.26 Å². The number of aryl methyl sites for hydroxylation is 1. The van der Waals surface area contributed by atoms with Gasteiger partial charge in [-0.3, -0.25) is 4.79 Å². The molecule has 0 spiro atoms. The quantitative estimate of drug-likeness (QED) is 0.0938. The monoisotopic (exact) mass is 633 g/mol. The maximum absolute atomic E-state index is 12.7. The highest BCUT2D eigenvalue weighted by atomic mass is 16.7. The first kappa shape index (κ1) is 32.2. The fourth-order valence-electron chi connectivity index (χ4n) is 8.41. The number of aliphatic hydroxyl groups is 6. The Bertz CT molecular complexity index is 1430. The van der Waals surface area contributed by atoms with Crippen LogP contribution in [0.5, 0.6) is 11.5 Å². The third kappa shape index (κ3) is 4.70. The van der Waals surface area contributed by atoms with E-state index < -0.39 is 78.2 Å². The smallest absolute Gasteiger partial charge is 0.306 e. The second-order valence-corrected chi connectivity index (χ2v) is 12.6. The van der Waals surface area contributed by atoms with Gasteiger partial charge < -0.3 is 59.3 Å². The highest BCUT2D eigenvalue weighted by Gasteiger charge is 2.79. The van der Waals surface area contributed by atoms with Crippen LogP contribution in [0.4, 0.5) is 0 Å². The van der Waals surface area contributed by atoms with Gasteiger partial charge in [-0.2, -0.15) is 0 Å². The Morgan fingerprint density at radius 3 is 2.67 bits per heavy atom. The third-order valence-corrected chi connectivity index (χ3v) is 10.5. The molecule has 0 amide bonds. The Labute approximate surface area is 260 Å². The molecule has 13 nitrogen and oxygen atoms in total. The minimum absolute atomic E-state index is 0.00205. The molecule has 1 saturated heterocycles. The number of fused-ring (bicyclic) bond motifs is 4. The van der Waals surface area contributed by atoms with Crippen molar-refractivity contribution in [1.82, 2.24) is 5.32 Å². The van der Waals surface area contributed by atoms with E-state index in [0.717, 1.165) is 0 Å². The Morgan fingerprint density at radius 1 is 1.16 bits per heavy atom. The lowest BCUT2D eigenvalue weighted by molar-refractivity contribution is -0.414. The molecule has 2 heterocycles. The summed E-state index contributed by atoms with van der Waals surface area (Å²) in [5.74, 6) is -2.41. The number of nitrogens with one attached hydrogen (secondary N) is 1. The van der Waals surface area contributed by atoms with Crippen molar-refractivity contribution in [2.45, 2.75) is 68.4 Å². The summed E-state index contributed by atoms with van der Waals surface area (Å²) in [5, 5.41) is 72.7. The van der Waals surface area contributed by atoms with Gasteiger partial charge in [-0.05, 0) is 56.8 Å². The van der Waals surface area contributed by atoms with E-state index in [1.54, 1.807) is 38.3 Å². The summed E-state index contributed by atoms with van der Waals surface area (Å²) in [7, 11) is 1.76. The van der Waals surface area contributed by atoms with E-state index in [9.17, 15) is 35.4 Å². The van der Waals surface area contributed by atoms with Crippen LogP contribution < -0.4 is 14.8 Å². The Balaban J connectivity index is 1.50. The molecule has 248 valence electrons. The van der Waals surface area contributed by atoms with Crippen molar-refractivity contribution in [3.8, 4) is 11.5 Å². The predicted octanol–water partition coefficient (Wildman–Crippen LogP) is 0.0112. The van der Waals surface area contributed by atoms with Gasteiger partial charge in [-0.15, -0.1) is 0 Å². The van der Waals surface area contributed by atoms with Gasteiger partial charge in [0.25, 0.3) is 0 Å². The first-order chi connectivity index (χ1) is 21.6. The standard InChI is InChI=1S/C32H43NO12/c1-3-41-23(37)7-4-17-14-18-9-12-42-24(18)26(43-13-11-33-2)25(17)45-29-32(40)27-19-5-6-21(36)30(27,16-35)10-8-20(19)31(39,28(32)38)22(15-34)44-29/h8-10,12,14,19-22,27-29,33-36,38-40H,3-7,11,13,15-16H2,1-2H3. The van der Waals surface area contributed by atoms with Crippen LogP contribution >= 0.6 is 0 Å². The number of carbonyl (C=O) groups is 1. The molecule has 45 heavy (non-hydrogen) atoms. The predicted molar refractivity (Wildman–Crippen MR) is 157 cm³/mol. The van der Waals surface area contributed by atoms with Crippen LogP contribution in [0.15, 0.2) is 35.0 Å². The molecule has 3 aliphatic carbocycles. The number of aliphatic hydroxyl groups excluding tert-OH is 4. The molecule has 1 aromatic heterocycles. The van der Waals surface area contributed by atoms with Gasteiger partial charge in [-0.1, -0.05) is 12.2 Å². The zero-order chi connectivity index (χ0) is 32.1. The van der Waals surface area contributed by atoms with Crippen LogP contribution in [0.2, 0.25) is 0 Å². The van der Waals surface area contributed by atoms with Crippen LogP contribution in [-0.2, 0) is 20.7 Å². The van der Waals surface area contributed by atoms with Crippen molar-refractivity contribution >= 4 is 16.9 Å². The molecule has 3 fully saturated rings. The minimum atomic E-state index is -2.38.